The zero-order valence-electron chi connectivity index (χ0n) is 14.3. The van der Waals surface area contributed by atoms with Gasteiger partial charge in [0.05, 0.1) is 0 Å². The number of rotatable bonds is 10. The van der Waals surface area contributed by atoms with Gasteiger partial charge in [0.1, 0.15) is 0 Å². The maximum atomic E-state index is 11.9. The minimum atomic E-state index is -4.33. The molecule has 0 aromatic rings. The summed E-state index contributed by atoms with van der Waals surface area (Å²) < 4.78 is 16.0. The van der Waals surface area contributed by atoms with Gasteiger partial charge in [-0.3, -0.25) is 0 Å². The van der Waals surface area contributed by atoms with Crippen LogP contribution in [0.4, 0.5) is 0 Å². The van der Waals surface area contributed by atoms with E-state index in [0.717, 1.165) is 0 Å². The quantitative estimate of drug-likeness (QED) is 0.557. The van der Waals surface area contributed by atoms with Crippen LogP contribution >= 0.6 is 0 Å². The van der Waals surface area contributed by atoms with Crippen molar-refractivity contribution < 1.29 is 42.1 Å². The first-order valence-electron chi connectivity index (χ1n) is 7.96. The van der Waals surface area contributed by atoms with Crippen molar-refractivity contribution in [3.8, 4) is 0 Å². The van der Waals surface area contributed by atoms with Crippen LogP contribution < -0.4 is 0 Å². The van der Waals surface area contributed by atoms with Crippen molar-refractivity contribution in [2.45, 2.75) is 77.4 Å². The van der Waals surface area contributed by atoms with Crippen molar-refractivity contribution in [2.75, 3.05) is 0 Å². The van der Waals surface area contributed by atoms with E-state index in [1.807, 2.05) is 20.8 Å². The normalized spacial score (nSPS) is 11.2. The summed E-state index contributed by atoms with van der Waals surface area (Å²) >= 11 is -4.33. The van der Waals surface area contributed by atoms with Crippen LogP contribution in [0.1, 0.15) is 73.1 Å². The van der Waals surface area contributed by atoms with E-state index >= 15 is 0 Å². The van der Waals surface area contributed by atoms with Crippen LogP contribution in [-0.2, 0) is 42.1 Å². The fourth-order valence-electron chi connectivity index (χ4n) is 1.66. The van der Waals surface area contributed by atoms with Gasteiger partial charge < -0.3 is 0 Å². The Bertz CT molecular complexity index is 330. The number of carbonyl (C=O) groups is 3. The van der Waals surface area contributed by atoms with Crippen LogP contribution in [0.5, 0.6) is 0 Å². The van der Waals surface area contributed by atoms with Crippen LogP contribution in [0.2, 0.25) is 4.22 Å². The molecule has 0 aliphatic carbocycles. The zero-order chi connectivity index (χ0) is 17.2. The molecule has 0 aliphatic heterocycles. The first kappa shape index (κ1) is 21.1. The van der Waals surface area contributed by atoms with Gasteiger partial charge in [0.25, 0.3) is 0 Å². The third-order valence-electron chi connectivity index (χ3n) is 2.84. The molecular formula is C15H28O6Ti. The predicted molar refractivity (Wildman–Crippen MR) is 78.1 cm³/mol. The van der Waals surface area contributed by atoms with Crippen LogP contribution in [0.25, 0.3) is 0 Å². The molecule has 0 N–H and O–H groups in total. The molecule has 0 bridgehead atoms. The standard InChI is InChI=1S/3C4H8O2.C3H7.Ti/c3*1-2-3-4(5)6;1-3-2;/h3*2-3H2,1H3,(H,5,6);3H,1-2H3;/q;;;;+3/p-3. The molecule has 7 heteroatoms. The van der Waals surface area contributed by atoms with Crippen molar-refractivity contribution >= 4 is 17.9 Å². The molecule has 0 heterocycles. The van der Waals surface area contributed by atoms with Gasteiger partial charge in [-0.05, 0) is 0 Å². The summed E-state index contributed by atoms with van der Waals surface area (Å²) in [6.45, 7) is 9.03. The average molecular weight is 352 g/mol. The van der Waals surface area contributed by atoms with Gasteiger partial charge in [-0.1, -0.05) is 0 Å². The minimum absolute atomic E-state index is 0.205. The second-order valence-electron chi connectivity index (χ2n) is 5.43. The molecule has 0 saturated carbocycles. The van der Waals surface area contributed by atoms with E-state index < -0.39 is 35.7 Å². The van der Waals surface area contributed by atoms with Gasteiger partial charge in [0.15, 0.2) is 0 Å². The molecule has 0 aliphatic rings. The molecule has 0 amide bonds. The molecule has 0 aromatic heterocycles. The summed E-state index contributed by atoms with van der Waals surface area (Å²) in [6.07, 6.45) is 2.45. The van der Waals surface area contributed by atoms with E-state index in [1.54, 1.807) is 13.8 Å². The summed E-state index contributed by atoms with van der Waals surface area (Å²) in [6, 6.07) is 0. The van der Waals surface area contributed by atoms with E-state index in [9.17, 15) is 14.4 Å². The second-order valence-corrected chi connectivity index (χ2v) is 10.1. The van der Waals surface area contributed by atoms with Crippen LogP contribution in [0, 0.1) is 0 Å². The molecule has 128 valence electrons. The first-order chi connectivity index (χ1) is 10.3. The molecule has 0 aromatic carbocycles. The fourth-order valence-corrected chi connectivity index (χ4v) is 4.92. The molecule has 0 rings (SSSR count). The van der Waals surface area contributed by atoms with Crippen molar-refractivity contribution in [1.82, 2.24) is 0 Å². The molecule has 0 saturated heterocycles. The average Bonchev–Trinajstić information content (AvgIpc) is 2.38. The molecule has 0 atom stereocenters. The Morgan fingerprint density at radius 1 is 0.727 bits per heavy atom. The first-order valence-corrected chi connectivity index (χ1v) is 10.8. The molecule has 0 spiro atoms. The van der Waals surface area contributed by atoms with Gasteiger partial charge in [-0.2, -0.15) is 0 Å². The van der Waals surface area contributed by atoms with E-state index in [-0.39, 0.29) is 23.5 Å². The Kier molecular flexibility index (Phi) is 10.4. The summed E-state index contributed by atoms with van der Waals surface area (Å²) in [5, 5.41) is 0. The van der Waals surface area contributed by atoms with Gasteiger partial charge in [0, 0.05) is 0 Å². The fraction of sp³-hybridized carbons (Fsp3) is 0.800. The molecule has 0 unspecified atom stereocenters. The summed E-state index contributed by atoms with van der Waals surface area (Å²) in [4.78, 5) is 35.7. The topological polar surface area (TPSA) is 78.9 Å². The van der Waals surface area contributed by atoms with Gasteiger partial charge in [-0.25, -0.2) is 0 Å². The van der Waals surface area contributed by atoms with Gasteiger partial charge in [0.2, 0.25) is 0 Å². The zero-order valence-corrected chi connectivity index (χ0v) is 15.8. The van der Waals surface area contributed by atoms with E-state index in [2.05, 4.69) is 0 Å². The molecule has 0 fully saturated rings. The monoisotopic (exact) mass is 352 g/mol. The van der Waals surface area contributed by atoms with Gasteiger partial charge in [-0.15, -0.1) is 0 Å². The molecule has 0 radical (unpaired) electrons. The molecular weight excluding hydrogens is 324 g/mol. The number of carbonyl (C=O) groups excluding carboxylic acids is 3. The van der Waals surface area contributed by atoms with E-state index in [4.69, 9.17) is 9.96 Å². The summed E-state index contributed by atoms with van der Waals surface area (Å²) in [7, 11) is 0. The molecule has 22 heavy (non-hydrogen) atoms. The predicted octanol–water partition coefficient (Wildman–Crippen LogP) is 3.74. The SMILES string of the molecule is CCCC(=O)[O][Ti]([O]C(=O)CCC)([O]C(=O)CCC)[CH](C)C. The Hall–Kier alpha value is -0.876. The maximum absolute atomic E-state index is 11.9. The Balaban J connectivity index is 5.29. The van der Waals surface area contributed by atoms with Gasteiger partial charge >= 0.3 is 137 Å². The Labute approximate surface area is 137 Å². The van der Waals surface area contributed by atoms with Crippen molar-refractivity contribution in [2.24, 2.45) is 0 Å². The van der Waals surface area contributed by atoms with Crippen molar-refractivity contribution in [1.29, 1.82) is 0 Å². The summed E-state index contributed by atoms with van der Waals surface area (Å²) in [5.41, 5.74) is 0. The Morgan fingerprint density at radius 3 is 1.18 bits per heavy atom. The van der Waals surface area contributed by atoms with Crippen LogP contribution in [0.3, 0.4) is 0 Å². The summed E-state index contributed by atoms with van der Waals surface area (Å²) in [5.74, 6) is -1.45. The van der Waals surface area contributed by atoms with E-state index in [1.165, 1.54) is 0 Å². The third-order valence-corrected chi connectivity index (χ3v) is 7.45. The second kappa shape index (κ2) is 10.8. The Morgan fingerprint density at radius 2 is 1.00 bits per heavy atom. The van der Waals surface area contributed by atoms with Crippen LogP contribution in [-0.4, -0.2) is 17.9 Å². The molecule has 6 nitrogen and oxygen atoms in total. The van der Waals surface area contributed by atoms with Crippen molar-refractivity contribution in [3.63, 3.8) is 0 Å². The third kappa shape index (κ3) is 7.41. The van der Waals surface area contributed by atoms with Crippen molar-refractivity contribution in [3.05, 3.63) is 0 Å². The van der Waals surface area contributed by atoms with E-state index in [0.29, 0.717) is 19.3 Å². The number of hydrogen-bond donors (Lipinski definition) is 0. The van der Waals surface area contributed by atoms with Crippen LogP contribution in [0.15, 0.2) is 0 Å². The number of hydrogen-bond acceptors (Lipinski definition) is 6.